The smallest absolute Gasteiger partial charge is 0.255 e. The van der Waals surface area contributed by atoms with Gasteiger partial charge in [0.05, 0.1) is 5.71 Å². The summed E-state index contributed by atoms with van der Waals surface area (Å²) >= 11 is 0. The molecule has 4 nitrogen and oxygen atoms in total. The molecular formula is C10H17N3O. The maximum atomic E-state index is 12.0. The van der Waals surface area contributed by atoms with Crippen LogP contribution in [0.1, 0.15) is 26.2 Å². The molecule has 1 unspecified atom stereocenters. The van der Waals surface area contributed by atoms with E-state index in [1.165, 1.54) is 5.01 Å². The average molecular weight is 195 g/mol. The van der Waals surface area contributed by atoms with Gasteiger partial charge in [-0.1, -0.05) is 13.3 Å². The van der Waals surface area contributed by atoms with Gasteiger partial charge < -0.3 is 5.32 Å². The number of hydrazone groups is 1. The summed E-state index contributed by atoms with van der Waals surface area (Å²) in [6.07, 6.45) is 2.86. The molecule has 2 rings (SSSR count). The second-order valence-corrected chi connectivity index (χ2v) is 4.13. The minimum atomic E-state index is -0.304. The highest BCUT2D eigenvalue weighted by Crippen LogP contribution is 2.35. The minimum absolute atomic E-state index is 0.168. The van der Waals surface area contributed by atoms with Crippen molar-refractivity contribution in [1.82, 2.24) is 10.3 Å². The molecule has 0 saturated carbocycles. The van der Waals surface area contributed by atoms with Crippen LogP contribution in [0.15, 0.2) is 5.10 Å². The fourth-order valence-electron chi connectivity index (χ4n) is 2.50. The lowest BCUT2D eigenvalue weighted by atomic mass is 9.75. The summed E-state index contributed by atoms with van der Waals surface area (Å²) in [7, 11) is 1.76. The third-order valence-electron chi connectivity index (χ3n) is 3.17. The molecule has 78 valence electrons. The van der Waals surface area contributed by atoms with E-state index in [1.54, 1.807) is 7.05 Å². The zero-order valence-electron chi connectivity index (χ0n) is 8.84. The van der Waals surface area contributed by atoms with Crippen LogP contribution in [-0.4, -0.2) is 36.8 Å². The molecule has 0 radical (unpaired) electrons. The second-order valence-electron chi connectivity index (χ2n) is 4.13. The minimum Gasteiger partial charge on any atom is -0.315 e. The largest absolute Gasteiger partial charge is 0.315 e. The van der Waals surface area contributed by atoms with E-state index in [9.17, 15) is 4.79 Å². The summed E-state index contributed by atoms with van der Waals surface area (Å²) in [5.74, 6) is 0.168. The van der Waals surface area contributed by atoms with Crippen LogP contribution in [0.2, 0.25) is 0 Å². The van der Waals surface area contributed by atoms with E-state index in [0.29, 0.717) is 0 Å². The van der Waals surface area contributed by atoms with Gasteiger partial charge in [-0.05, 0) is 6.42 Å². The van der Waals surface area contributed by atoms with E-state index in [1.807, 2.05) is 0 Å². The van der Waals surface area contributed by atoms with E-state index in [4.69, 9.17) is 0 Å². The van der Waals surface area contributed by atoms with Gasteiger partial charge in [0.2, 0.25) is 0 Å². The van der Waals surface area contributed by atoms with Gasteiger partial charge >= 0.3 is 0 Å². The number of carbonyl (C=O) groups is 1. The van der Waals surface area contributed by atoms with Gasteiger partial charge in [0, 0.05) is 26.6 Å². The Bertz CT molecular complexity index is 283. The van der Waals surface area contributed by atoms with E-state index < -0.39 is 0 Å². The highest BCUT2D eigenvalue weighted by atomic mass is 16.2. The van der Waals surface area contributed by atoms with Gasteiger partial charge in [-0.15, -0.1) is 0 Å². The molecule has 2 aliphatic rings. The molecule has 0 spiro atoms. The lowest BCUT2D eigenvalue weighted by Gasteiger charge is -2.32. The van der Waals surface area contributed by atoms with Crippen molar-refractivity contribution in [2.75, 3.05) is 20.1 Å². The molecule has 1 amide bonds. The number of nitrogens with one attached hydrogen (secondary N) is 1. The van der Waals surface area contributed by atoms with Crippen LogP contribution in [-0.2, 0) is 4.79 Å². The quantitative estimate of drug-likeness (QED) is 0.701. The van der Waals surface area contributed by atoms with E-state index in [2.05, 4.69) is 17.3 Å². The lowest BCUT2D eigenvalue weighted by molar-refractivity contribution is -0.135. The first-order valence-electron chi connectivity index (χ1n) is 5.27. The molecule has 0 aromatic carbocycles. The highest BCUT2D eigenvalue weighted by Gasteiger charge is 2.49. The van der Waals surface area contributed by atoms with Gasteiger partial charge in [0.1, 0.15) is 5.41 Å². The topological polar surface area (TPSA) is 44.7 Å². The second kappa shape index (κ2) is 3.35. The summed E-state index contributed by atoms with van der Waals surface area (Å²) < 4.78 is 0. The molecule has 14 heavy (non-hydrogen) atoms. The SMILES string of the molecule is CCCC12CNCCC1=NN(C)C2=O. The molecule has 1 fully saturated rings. The molecule has 1 saturated heterocycles. The molecule has 2 heterocycles. The van der Waals surface area contributed by atoms with Crippen LogP contribution in [0.3, 0.4) is 0 Å². The number of hydrogen-bond acceptors (Lipinski definition) is 3. The number of nitrogens with zero attached hydrogens (tertiary/aromatic N) is 2. The van der Waals surface area contributed by atoms with Gasteiger partial charge in [0.15, 0.2) is 0 Å². The van der Waals surface area contributed by atoms with Crippen molar-refractivity contribution in [3.05, 3.63) is 0 Å². The summed E-state index contributed by atoms with van der Waals surface area (Å²) in [4.78, 5) is 12.0. The fourth-order valence-corrected chi connectivity index (χ4v) is 2.50. The Morgan fingerprint density at radius 1 is 1.64 bits per heavy atom. The zero-order valence-corrected chi connectivity index (χ0v) is 8.84. The number of amides is 1. The average Bonchev–Trinajstić information content (AvgIpc) is 2.42. The van der Waals surface area contributed by atoms with Crippen LogP contribution >= 0.6 is 0 Å². The van der Waals surface area contributed by atoms with Crippen molar-refractivity contribution in [2.45, 2.75) is 26.2 Å². The van der Waals surface area contributed by atoms with Crippen molar-refractivity contribution in [2.24, 2.45) is 10.5 Å². The van der Waals surface area contributed by atoms with Crippen LogP contribution in [0.5, 0.6) is 0 Å². The van der Waals surface area contributed by atoms with Crippen molar-refractivity contribution in [3.8, 4) is 0 Å². The molecule has 2 aliphatic heterocycles. The first-order valence-corrected chi connectivity index (χ1v) is 5.27. The summed E-state index contributed by atoms with van der Waals surface area (Å²) in [5.41, 5.74) is 0.785. The first kappa shape index (κ1) is 9.65. The normalized spacial score (nSPS) is 31.7. The Morgan fingerprint density at radius 2 is 2.43 bits per heavy atom. The Hall–Kier alpha value is -0.900. The molecule has 0 aromatic rings. The van der Waals surface area contributed by atoms with E-state index in [-0.39, 0.29) is 11.3 Å². The molecular weight excluding hydrogens is 178 g/mol. The van der Waals surface area contributed by atoms with Gasteiger partial charge in [-0.3, -0.25) is 4.79 Å². The molecule has 0 aliphatic carbocycles. The lowest BCUT2D eigenvalue weighted by Crippen LogP contribution is -2.50. The number of piperidine rings is 1. The van der Waals surface area contributed by atoms with Crippen molar-refractivity contribution in [3.63, 3.8) is 0 Å². The Balaban J connectivity index is 2.32. The van der Waals surface area contributed by atoms with Crippen molar-refractivity contribution in [1.29, 1.82) is 0 Å². The van der Waals surface area contributed by atoms with Gasteiger partial charge in [-0.2, -0.15) is 5.10 Å². The molecule has 1 N–H and O–H groups in total. The van der Waals surface area contributed by atoms with Crippen LogP contribution in [0.25, 0.3) is 0 Å². The van der Waals surface area contributed by atoms with Gasteiger partial charge in [-0.25, -0.2) is 5.01 Å². The predicted octanol–water partition coefficient (Wildman–Crippen LogP) is 0.594. The van der Waals surface area contributed by atoms with E-state index >= 15 is 0 Å². The summed E-state index contributed by atoms with van der Waals surface area (Å²) in [6.45, 7) is 3.83. The monoisotopic (exact) mass is 195 g/mol. The Kier molecular flexibility index (Phi) is 2.31. The third kappa shape index (κ3) is 1.17. The van der Waals surface area contributed by atoms with E-state index in [0.717, 1.165) is 38.1 Å². The molecule has 4 heteroatoms. The number of carbonyl (C=O) groups excluding carboxylic acids is 1. The van der Waals surface area contributed by atoms with Gasteiger partial charge in [0.25, 0.3) is 5.91 Å². The van der Waals surface area contributed by atoms with Crippen LogP contribution in [0.4, 0.5) is 0 Å². The Labute approximate surface area is 84.3 Å². The maximum absolute atomic E-state index is 12.0. The third-order valence-corrected chi connectivity index (χ3v) is 3.17. The predicted molar refractivity (Wildman–Crippen MR) is 55.0 cm³/mol. The maximum Gasteiger partial charge on any atom is 0.255 e. The number of fused-ring (bicyclic) bond motifs is 1. The van der Waals surface area contributed by atoms with Crippen LogP contribution in [0, 0.1) is 5.41 Å². The fraction of sp³-hybridized carbons (Fsp3) is 0.800. The van der Waals surface area contributed by atoms with Crippen LogP contribution < -0.4 is 5.32 Å². The highest BCUT2D eigenvalue weighted by molar-refractivity contribution is 6.12. The number of rotatable bonds is 2. The summed E-state index contributed by atoms with van der Waals surface area (Å²) in [5, 5.41) is 9.16. The Morgan fingerprint density at radius 3 is 3.14 bits per heavy atom. The summed E-state index contributed by atoms with van der Waals surface area (Å²) in [6, 6.07) is 0. The molecule has 0 bridgehead atoms. The van der Waals surface area contributed by atoms with Crippen molar-refractivity contribution < 1.29 is 4.79 Å². The zero-order chi connectivity index (χ0) is 10.2. The van der Waals surface area contributed by atoms with Crippen molar-refractivity contribution >= 4 is 11.6 Å². The standard InChI is InChI=1S/C10H17N3O/c1-3-5-10-7-11-6-4-8(10)12-13(2)9(10)14/h11H,3-7H2,1-2H3. The molecule has 1 atom stereocenters. The first-order chi connectivity index (χ1) is 6.70. The number of hydrogen-bond donors (Lipinski definition) is 1. The molecule has 0 aromatic heterocycles.